The number of aryl methyl sites for hydroxylation is 1. The van der Waals surface area contributed by atoms with Crippen molar-refractivity contribution in [1.29, 1.82) is 0 Å². The molecule has 0 amide bonds. The third-order valence-electron chi connectivity index (χ3n) is 2.60. The fourth-order valence-corrected chi connectivity index (χ4v) is 2.39. The lowest BCUT2D eigenvalue weighted by Gasteiger charge is -2.09. The number of nitrogens with zero attached hydrogens (tertiary/aromatic N) is 2. The molecule has 6 heteroatoms. The Kier molecular flexibility index (Phi) is 4.21. The Hall–Kier alpha value is -1.82. The average Bonchev–Trinajstić information content (AvgIpc) is 2.71. The SMILES string of the molecule is Cc1cnc(SCC(=O)O)n1Cc1ccc(F)cc1. The highest BCUT2D eigenvalue weighted by Gasteiger charge is 2.10. The number of halogens is 1. The molecule has 19 heavy (non-hydrogen) atoms. The topological polar surface area (TPSA) is 55.1 Å². The van der Waals surface area contributed by atoms with Gasteiger partial charge in [0, 0.05) is 18.4 Å². The highest BCUT2D eigenvalue weighted by molar-refractivity contribution is 7.99. The van der Waals surface area contributed by atoms with Gasteiger partial charge in [-0.1, -0.05) is 23.9 Å². The first kappa shape index (κ1) is 13.6. The minimum absolute atomic E-state index is 0.0279. The third kappa shape index (κ3) is 3.57. The first-order chi connectivity index (χ1) is 9.06. The summed E-state index contributed by atoms with van der Waals surface area (Å²) in [7, 11) is 0. The van der Waals surface area contributed by atoms with E-state index in [0.29, 0.717) is 11.7 Å². The molecule has 0 atom stereocenters. The Morgan fingerprint density at radius 1 is 1.42 bits per heavy atom. The van der Waals surface area contributed by atoms with Crippen LogP contribution in [0.5, 0.6) is 0 Å². The van der Waals surface area contributed by atoms with E-state index in [1.54, 1.807) is 18.3 Å². The van der Waals surface area contributed by atoms with E-state index >= 15 is 0 Å². The second kappa shape index (κ2) is 5.88. The van der Waals surface area contributed by atoms with E-state index in [9.17, 15) is 9.18 Å². The van der Waals surface area contributed by atoms with Crippen LogP contribution in [0.4, 0.5) is 4.39 Å². The predicted molar refractivity (Wildman–Crippen MR) is 70.8 cm³/mol. The smallest absolute Gasteiger partial charge is 0.313 e. The molecular weight excluding hydrogens is 267 g/mol. The lowest BCUT2D eigenvalue weighted by atomic mass is 10.2. The maximum absolute atomic E-state index is 12.8. The maximum Gasteiger partial charge on any atom is 0.313 e. The molecule has 100 valence electrons. The van der Waals surface area contributed by atoms with E-state index in [4.69, 9.17) is 5.11 Å². The number of carbonyl (C=O) groups is 1. The normalized spacial score (nSPS) is 10.6. The van der Waals surface area contributed by atoms with Gasteiger partial charge in [0.05, 0.1) is 5.75 Å². The fourth-order valence-electron chi connectivity index (χ4n) is 1.65. The van der Waals surface area contributed by atoms with Gasteiger partial charge in [0.25, 0.3) is 0 Å². The summed E-state index contributed by atoms with van der Waals surface area (Å²) in [6.45, 7) is 2.45. The summed E-state index contributed by atoms with van der Waals surface area (Å²) in [5, 5.41) is 9.35. The lowest BCUT2D eigenvalue weighted by Crippen LogP contribution is -2.06. The summed E-state index contributed by atoms with van der Waals surface area (Å²) in [6.07, 6.45) is 1.70. The number of carboxylic acid groups (broad SMARTS) is 1. The first-order valence-corrected chi connectivity index (χ1v) is 6.66. The van der Waals surface area contributed by atoms with E-state index in [-0.39, 0.29) is 11.6 Å². The standard InChI is InChI=1S/C13H13FN2O2S/c1-9-6-15-13(19-8-12(17)18)16(9)7-10-2-4-11(14)5-3-10/h2-6H,7-8H2,1H3,(H,17,18). The Labute approximate surface area is 114 Å². The van der Waals surface area contributed by atoms with Crippen molar-refractivity contribution in [3.8, 4) is 0 Å². The molecule has 0 fully saturated rings. The molecule has 0 radical (unpaired) electrons. The van der Waals surface area contributed by atoms with Crippen molar-refractivity contribution < 1.29 is 14.3 Å². The van der Waals surface area contributed by atoms with Crippen LogP contribution in [0.3, 0.4) is 0 Å². The van der Waals surface area contributed by atoms with Gasteiger partial charge in [0.15, 0.2) is 5.16 Å². The van der Waals surface area contributed by atoms with Gasteiger partial charge in [-0.05, 0) is 24.6 Å². The van der Waals surface area contributed by atoms with Crippen molar-refractivity contribution in [2.45, 2.75) is 18.6 Å². The van der Waals surface area contributed by atoms with Crippen LogP contribution in [0.2, 0.25) is 0 Å². The number of aromatic nitrogens is 2. The summed E-state index contributed by atoms with van der Waals surface area (Å²) in [4.78, 5) is 14.8. The second-order valence-corrected chi connectivity index (χ2v) is 5.02. The molecule has 2 rings (SSSR count). The maximum atomic E-state index is 12.8. The van der Waals surface area contributed by atoms with Crippen molar-refractivity contribution in [1.82, 2.24) is 9.55 Å². The van der Waals surface area contributed by atoms with E-state index in [1.165, 1.54) is 23.9 Å². The van der Waals surface area contributed by atoms with Crippen molar-refractivity contribution in [3.63, 3.8) is 0 Å². The van der Waals surface area contributed by atoms with Crippen molar-refractivity contribution in [2.24, 2.45) is 0 Å². The van der Waals surface area contributed by atoms with Gasteiger partial charge in [-0.15, -0.1) is 0 Å². The molecule has 0 saturated carbocycles. The van der Waals surface area contributed by atoms with Gasteiger partial charge in [-0.2, -0.15) is 0 Å². The Morgan fingerprint density at radius 3 is 2.74 bits per heavy atom. The van der Waals surface area contributed by atoms with Crippen molar-refractivity contribution in [3.05, 3.63) is 47.5 Å². The Balaban J connectivity index is 2.16. The minimum atomic E-state index is -0.876. The quantitative estimate of drug-likeness (QED) is 0.855. The molecule has 0 aliphatic heterocycles. The number of carboxylic acids is 1. The van der Waals surface area contributed by atoms with Gasteiger partial charge in [-0.25, -0.2) is 9.37 Å². The van der Waals surface area contributed by atoms with Gasteiger partial charge in [0.1, 0.15) is 5.82 Å². The summed E-state index contributed by atoms with van der Waals surface area (Å²) in [5.74, 6) is -1.18. The van der Waals surface area contributed by atoms with E-state index in [1.807, 2.05) is 11.5 Å². The molecule has 4 nitrogen and oxygen atoms in total. The third-order valence-corrected chi connectivity index (χ3v) is 3.57. The molecule has 1 aromatic heterocycles. The molecule has 0 spiro atoms. The monoisotopic (exact) mass is 280 g/mol. The summed E-state index contributed by atoms with van der Waals surface area (Å²) >= 11 is 1.18. The predicted octanol–water partition coefficient (Wildman–Crippen LogP) is 2.56. The number of hydrogen-bond acceptors (Lipinski definition) is 3. The van der Waals surface area contributed by atoms with Gasteiger partial charge in [0.2, 0.25) is 0 Å². The van der Waals surface area contributed by atoms with Crippen LogP contribution < -0.4 is 0 Å². The van der Waals surface area contributed by atoms with E-state index in [0.717, 1.165) is 11.3 Å². The zero-order valence-corrected chi connectivity index (χ0v) is 11.2. The zero-order valence-electron chi connectivity index (χ0n) is 10.3. The van der Waals surface area contributed by atoms with Gasteiger partial charge < -0.3 is 9.67 Å². The van der Waals surface area contributed by atoms with Gasteiger partial charge in [-0.3, -0.25) is 4.79 Å². The lowest BCUT2D eigenvalue weighted by molar-refractivity contribution is -0.133. The average molecular weight is 280 g/mol. The zero-order chi connectivity index (χ0) is 13.8. The highest BCUT2D eigenvalue weighted by atomic mass is 32.2. The highest BCUT2D eigenvalue weighted by Crippen LogP contribution is 2.19. The molecule has 0 aliphatic carbocycles. The van der Waals surface area contributed by atoms with Crippen LogP contribution in [0.1, 0.15) is 11.3 Å². The van der Waals surface area contributed by atoms with Gasteiger partial charge >= 0.3 is 5.97 Å². The number of benzene rings is 1. The number of aliphatic carboxylic acids is 1. The van der Waals surface area contributed by atoms with E-state index < -0.39 is 5.97 Å². The number of rotatable bonds is 5. The molecule has 0 unspecified atom stereocenters. The first-order valence-electron chi connectivity index (χ1n) is 5.67. The number of hydrogen-bond donors (Lipinski definition) is 1. The number of imidazole rings is 1. The molecule has 1 aromatic carbocycles. The molecule has 1 N–H and O–H groups in total. The van der Waals surface area contributed by atoms with Crippen LogP contribution in [0, 0.1) is 12.7 Å². The van der Waals surface area contributed by atoms with Crippen molar-refractivity contribution in [2.75, 3.05) is 5.75 Å². The fraction of sp³-hybridized carbons (Fsp3) is 0.231. The van der Waals surface area contributed by atoms with Crippen LogP contribution in [0.25, 0.3) is 0 Å². The van der Waals surface area contributed by atoms with Crippen LogP contribution in [-0.4, -0.2) is 26.4 Å². The Bertz CT molecular complexity index is 581. The summed E-state index contributed by atoms with van der Waals surface area (Å²) in [5.41, 5.74) is 1.89. The molecule has 1 heterocycles. The molecule has 0 bridgehead atoms. The molecular formula is C13H13FN2O2S. The number of thioether (sulfide) groups is 1. The molecule has 2 aromatic rings. The summed E-state index contributed by atoms with van der Waals surface area (Å²) in [6, 6.07) is 6.23. The minimum Gasteiger partial charge on any atom is -0.481 e. The molecule has 0 saturated heterocycles. The molecule has 0 aliphatic rings. The van der Waals surface area contributed by atoms with Crippen LogP contribution in [-0.2, 0) is 11.3 Å². The largest absolute Gasteiger partial charge is 0.481 e. The summed E-state index contributed by atoms with van der Waals surface area (Å²) < 4.78 is 14.8. The van der Waals surface area contributed by atoms with Crippen LogP contribution >= 0.6 is 11.8 Å². The van der Waals surface area contributed by atoms with E-state index in [2.05, 4.69) is 4.98 Å². The second-order valence-electron chi connectivity index (χ2n) is 4.08. The van der Waals surface area contributed by atoms with Crippen molar-refractivity contribution >= 4 is 17.7 Å². The Morgan fingerprint density at radius 2 is 2.11 bits per heavy atom. The van der Waals surface area contributed by atoms with Crippen LogP contribution in [0.15, 0.2) is 35.6 Å².